The van der Waals surface area contributed by atoms with Crippen LogP contribution in [0.15, 0.2) is 180 Å². The summed E-state index contributed by atoms with van der Waals surface area (Å²) < 4.78 is 11.7. The van der Waals surface area contributed by atoms with E-state index in [0.29, 0.717) is 17.5 Å². The van der Waals surface area contributed by atoms with Gasteiger partial charge in [0.2, 0.25) is 0 Å². The zero-order valence-corrected chi connectivity index (χ0v) is 30.4. The van der Waals surface area contributed by atoms with Gasteiger partial charge >= 0.3 is 0 Å². The van der Waals surface area contributed by atoms with E-state index in [9.17, 15) is 0 Å². The molecule has 0 bridgehead atoms. The standard InChI is InChI=1S/C51H29N5O/c1-3-14-30(15-4-1)49-52-50(31-16-5-2-6-17-31)54-51(53-49)37-26-27-42(46-35-20-9-12-25-43(35)57-48(37)46)55-39-24-11-8-19-34(39)44-40(55)28-29-41-45(44)36-22-13-21-33-32-18-7-10-23-38(32)56(41)47(33)36/h1-29H. The van der Waals surface area contributed by atoms with E-state index in [-0.39, 0.29) is 0 Å². The number of fused-ring (bicyclic) bond motifs is 13. The fraction of sp³-hybridized carbons (Fsp3) is 0. The molecule has 13 rings (SSSR count). The molecule has 0 amide bonds. The van der Waals surface area contributed by atoms with Gasteiger partial charge in [-0.2, -0.15) is 0 Å². The van der Waals surface area contributed by atoms with Crippen molar-refractivity contribution >= 4 is 81.8 Å². The lowest BCUT2D eigenvalue weighted by Crippen LogP contribution is -2.01. The van der Waals surface area contributed by atoms with E-state index in [1.54, 1.807) is 0 Å². The van der Waals surface area contributed by atoms with Crippen molar-refractivity contribution in [1.82, 2.24) is 23.9 Å². The van der Waals surface area contributed by atoms with Gasteiger partial charge in [0.25, 0.3) is 0 Å². The van der Waals surface area contributed by atoms with Crippen LogP contribution in [0.2, 0.25) is 0 Å². The normalized spacial score (nSPS) is 12.2. The van der Waals surface area contributed by atoms with Gasteiger partial charge < -0.3 is 13.4 Å². The Balaban J connectivity index is 1.13. The van der Waals surface area contributed by atoms with Crippen LogP contribution in [0, 0.1) is 0 Å². The topological polar surface area (TPSA) is 61.2 Å². The molecule has 5 heterocycles. The maximum Gasteiger partial charge on any atom is 0.167 e. The third kappa shape index (κ3) is 4.16. The molecule has 0 aliphatic rings. The van der Waals surface area contributed by atoms with Gasteiger partial charge in [0.15, 0.2) is 17.5 Å². The average Bonchev–Trinajstić information content (AvgIpc) is 4.03. The van der Waals surface area contributed by atoms with Crippen molar-refractivity contribution in [2.75, 3.05) is 0 Å². The molecule has 13 aromatic rings. The number of benzene rings is 8. The first-order valence-corrected chi connectivity index (χ1v) is 19.2. The Morgan fingerprint density at radius 3 is 1.72 bits per heavy atom. The zero-order valence-electron chi connectivity index (χ0n) is 30.4. The second-order valence-corrected chi connectivity index (χ2v) is 14.7. The van der Waals surface area contributed by atoms with Crippen molar-refractivity contribution in [2.45, 2.75) is 0 Å². The second kappa shape index (κ2) is 11.4. The molecule has 5 aromatic heterocycles. The summed E-state index contributed by atoms with van der Waals surface area (Å²) in [6.45, 7) is 0. The first kappa shape index (κ1) is 30.5. The van der Waals surface area contributed by atoms with Crippen molar-refractivity contribution in [3.8, 4) is 39.9 Å². The number of rotatable bonds is 4. The van der Waals surface area contributed by atoms with Gasteiger partial charge in [0.1, 0.15) is 11.2 Å². The molecular formula is C51H29N5O. The molecule has 6 heteroatoms. The Bertz CT molecular complexity index is 3690. The van der Waals surface area contributed by atoms with E-state index in [4.69, 9.17) is 19.4 Å². The zero-order chi connectivity index (χ0) is 37.2. The third-order valence-electron chi connectivity index (χ3n) is 11.7. The van der Waals surface area contributed by atoms with E-state index < -0.39 is 0 Å². The van der Waals surface area contributed by atoms with Crippen molar-refractivity contribution < 1.29 is 4.42 Å². The molecule has 0 saturated carbocycles. The molecule has 0 radical (unpaired) electrons. The highest BCUT2D eigenvalue weighted by Crippen LogP contribution is 2.47. The number of furan rings is 1. The maximum absolute atomic E-state index is 6.86. The lowest BCUT2D eigenvalue weighted by Gasteiger charge is -2.13. The summed E-state index contributed by atoms with van der Waals surface area (Å²) in [5.41, 5.74) is 11.2. The summed E-state index contributed by atoms with van der Waals surface area (Å²) in [5, 5.41) is 9.58. The number of hydrogen-bond acceptors (Lipinski definition) is 4. The van der Waals surface area contributed by atoms with Crippen LogP contribution in [0.5, 0.6) is 0 Å². The van der Waals surface area contributed by atoms with E-state index in [2.05, 4.69) is 112 Å². The van der Waals surface area contributed by atoms with Gasteiger partial charge in [0, 0.05) is 48.8 Å². The van der Waals surface area contributed by atoms with Crippen molar-refractivity contribution in [3.63, 3.8) is 0 Å². The molecule has 8 aromatic carbocycles. The van der Waals surface area contributed by atoms with Gasteiger partial charge in [-0.15, -0.1) is 0 Å². The molecule has 0 unspecified atom stereocenters. The fourth-order valence-electron chi connectivity index (χ4n) is 9.34. The minimum Gasteiger partial charge on any atom is -0.455 e. The Morgan fingerprint density at radius 1 is 0.368 bits per heavy atom. The summed E-state index contributed by atoms with van der Waals surface area (Å²) in [5.74, 6) is 1.77. The first-order valence-electron chi connectivity index (χ1n) is 19.2. The van der Waals surface area contributed by atoms with Crippen LogP contribution >= 0.6 is 0 Å². The second-order valence-electron chi connectivity index (χ2n) is 14.7. The SMILES string of the molecule is c1ccc(-c2nc(-c3ccccc3)nc(-c3ccc(-n4c5ccccc5c5c6c7cccc8c9ccccc9n(c6ccc54)c87)c4c3oc3ccccc34)n2)cc1. The molecule has 0 N–H and O–H groups in total. The van der Waals surface area contributed by atoms with Gasteiger partial charge in [-0.3, -0.25) is 0 Å². The summed E-state index contributed by atoms with van der Waals surface area (Å²) in [4.78, 5) is 15.2. The van der Waals surface area contributed by atoms with Gasteiger partial charge in [-0.25, -0.2) is 15.0 Å². The summed E-state index contributed by atoms with van der Waals surface area (Å²) >= 11 is 0. The third-order valence-corrected chi connectivity index (χ3v) is 11.7. The van der Waals surface area contributed by atoms with Crippen LogP contribution in [0.3, 0.4) is 0 Å². The van der Waals surface area contributed by atoms with Crippen LogP contribution in [0.4, 0.5) is 0 Å². The Morgan fingerprint density at radius 2 is 0.947 bits per heavy atom. The smallest absolute Gasteiger partial charge is 0.167 e. The highest BCUT2D eigenvalue weighted by molar-refractivity contribution is 6.33. The average molecular weight is 728 g/mol. The van der Waals surface area contributed by atoms with Crippen LogP contribution in [0.1, 0.15) is 0 Å². The Labute approximate surface area is 324 Å². The van der Waals surface area contributed by atoms with Crippen LogP contribution < -0.4 is 0 Å². The Hall–Kier alpha value is -7.83. The lowest BCUT2D eigenvalue weighted by atomic mass is 10.0. The van der Waals surface area contributed by atoms with Crippen LogP contribution in [0.25, 0.3) is 122 Å². The summed E-state index contributed by atoms with van der Waals surface area (Å²) in [6.07, 6.45) is 0. The molecule has 0 saturated heterocycles. The van der Waals surface area contributed by atoms with Crippen LogP contribution in [-0.2, 0) is 0 Å². The van der Waals surface area contributed by atoms with Gasteiger partial charge in [-0.1, -0.05) is 133 Å². The van der Waals surface area contributed by atoms with Crippen molar-refractivity contribution in [1.29, 1.82) is 0 Å². The molecule has 264 valence electrons. The molecule has 0 spiro atoms. The number of para-hydroxylation sites is 4. The van der Waals surface area contributed by atoms with E-state index in [1.807, 2.05) is 72.8 Å². The minimum absolute atomic E-state index is 0.556. The fourth-order valence-corrected chi connectivity index (χ4v) is 9.34. The quantitative estimate of drug-likeness (QED) is 0.181. The predicted molar refractivity (Wildman–Crippen MR) is 232 cm³/mol. The molecule has 6 nitrogen and oxygen atoms in total. The predicted octanol–water partition coefficient (Wildman–Crippen LogP) is 13.0. The monoisotopic (exact) mass is 727 g/mol. The van der Waals surface area contributed by atoms with Crippen molar-refractivity contribution in [3.05, 3.63) is 176 Å². The van der Waals surface area contributed by atoms with Gasteiger partial charge in [0.05, 0.1) is 44.2 Å². The summed E-state index contributed by atoms with van der Waals surface area (Å²) in [7, 11) is 0. The number of aromatic nitrogens is 5. The van der Waals surface area contributed by atoms with E-state index in [0.717, 1.165) is 55.3 Å². The highest BCUT2D eigenvalue weighted by Gasteiger charge is 2.25. The molecule has 0 fully saturated rings. The van der Waals surface area contributed by atoms with E-state index >= 15 is 0 Å². The summed E-state index contributed by atoms with van der Waals surface area (Å²) in [6, 6.07) is 61.7. The lowest BCUT2D eigenvalue weighted by molar-refractivity contribution is 0.669. The highest BCUT2D eigenvalue weighted by atomic mass is 16.3. The van der Waals surface area contributed by atoms with Crippen LogP contribution in [-0.4, -0.2) is 23.9 Å². The molecule has 0 aliphatic heterocycles. The van der Waals surface area contributed by atoms with Gasteiger partial charge in [-0.05, 0) is 42.5 Å². The molecule has 0 atom stereocenters. The minimum atomic E-state index is 0.556. The van der Waals surface area contributed by atoms with E-state index in [1.165, 1.54) is 48.9 Å². The molecule has 57 heavy (non-hydrogen) atoms. The molecule has 0 aliphatic carbocycles. The number of nitrogens with zero attached hydrogens (tertiary/aromatic N) is 5. The first-order chi connectivity index (χ1) is 28.3. The largest absolute Gasteiger partial charge is 0.455 e. The molecular weight excluding hydrogens is 699 g/mol. The Kier molecular flexibility index (Phi) is 6.07. The van der Waals surface area contributed by atoms with Crippen molar-refractivity contribution in [2.24, 2.45) is 0 Å². The maximum atomic E-state index is 6.86. The number of hydrogen-bond donors (Lipinski definition) is 0.